The topological polar surface area (TPSA) is 52.1 Å². The minimum Gasteiger partial charge on any atom is -0.465 e. The average molecular weight is 188 g/mol. The number of esters is 1. The van der Waals surface area contributed by atoms with Crippen molar-refractivity contribution in [1.82, 2.24) is 9.97 Å². The molecule has 0 spiro atoms. The maximum absolute atomic E-state index is 11.3. The van der Waals surface area contributed by atoms with Gasteiger partial charge in [-0.05, 0) is 18.2 Å². The molecule has 2 aromatic heterocycles. The maximum Gasteiger partial charge on any atom is 0.338 e. The van der Waals surface area contributed by atoms with Gasteiger partial charge in [0.05, 0.1) is 12.7 Å². The lowest BCUT2D eigenvalue weighted by Crippen LogP contribution is -2.02. The van der Waals surface area contributed by atoms with Crippen LogP contribution in [0.5, 0.6) is 0 Å². The molecular formula is C10H8N2O2. The van der Waals surface area contributed by atoms with Crippen LogP contribution in [-0.4, -0.2) is 23.0 Å². The van der Waals surface area contributed by atoms with E-state index in [1.54, 1.807) is 30.6 Å². The van der Waals surface area contributed by atoms with Crippen molar-refractivity contribution in [1.29, 1.82) is 0 Å². The van der Waals surface area contributed by atoms with E-state index in [2.05, 4.69) is 14.7 Å². The first kappa shape index (κ1) is 8.62. The lowest BCUT2D eigenvalue weighted by atomic mass is 10.1. The van der Waals surface area contributed by atoms with Crippen LogP contribution in [0.1, 0.15) is 10.4 Å². The van der Waals surface area contributed by atoms with Crippen molar-refractivity contribution < 1.29 is 9.53 Å². The van der Waals surface area contributed by atoms with Crippen LogP contribution >= 0.6 is 0 Å². The van der Waals surface area contributed by atoms with Gasteiger partial charge in [0, 0.05) is 17.8 Å². The van der Waals surface area contributed by atoms with Gasteiger partial charge in [-0.3, -0.25) is 0 Å². The van der Waals surface area contributed by atoms with Crippen molar-refractivity contribution in [3.05, 3.63) is 36.2 Å². The summed E-state index contributed by atoms with van der Waals surface area (Å²) in [5, 5.41) is 0.710. The molecule has 4 nitrogen and oxygen atoms in total. The molecule has 0 unspecified atom stereocenters. The van der Waals surface area contributed by atoms with Crippen LogP contribution in [0.15, 0.2) is 30.6 Å². The Hall–Kier alpha value is -1.97. The quantitative estimate of drug-likeness (QED) is 0.635. The van der Waals surface area contributed by atoms with Gasteiger partial charge in [0.15, 0.2) is 5.65 Å². The summed E-state index contributed by atoms with van der Waals surface area (Å²) < 4.78 is 4.65. The molecule has 0 amide bonds. The zero-order valence-corrected chi connectivity index (χ0v) is 7.60. The lowest BCUT2D eigenvalue weighted by Gasteiger charge is -2.01. The smallest absolute Gasteiger partial charge is 0.338 e. The zero-order chi connectivity index (χ0) is 9.97. The van der Waals surface area contributed by atoms with Crippen molar-refractivity contribution in [3.63, 3.8) is 0 Å². The summed E-state index contributed by atoms with van der Waals surface area (Å²) in [5.74, 6) is -0.370. The van der Waals surface area contributed by atoms with Crippen LogP contribution < -0.4 is 0 Å². The van der Waals surface area contributed by atoms with Crippen molar-refractivity contribution in [2.75, 3.05) is 7.11 Å². The van der Waals surface area contributed by atoms with Crippen molar-refractivity contribution in [2.45, 2.75) is 0 Å². The first-order valence-corrected chi connectivity index (χ1v) is 4.11. The van der Waals surface area contributed by atoms with E-state index in [-0.39, 0.29) is 5.97 Å². The summed E-state index contributed by atoms with van der Waals surface area (Å²) in [6.45, 7) is 0. The molecule has 0 atom stereocenters. The zero-order valence-electron chi connectivity index (χ0n) is 7.60. The van der Waals surface area contributed by atoms with E-state index >= 15 is 0 Å². The Morgan fingerprint density at radius 1 is 1.29 bits per heavy atom. The number of hydrogen-bond acceptors (Lipinski definition) is 4. The highest BCUT2D eigenvalue weighted by Crippen LogP contribution is 2.14. The van der Waals surface area contributed by atoms with Gasteiger partial charge in [0.2, 0.25) is 0 Å². The molecule has 0 saturated heterocycles. The Balaban J connectivity index is 2.71. The first-order valence-electron chi connectivity index (χ1n) is 4.11. The number of carbonyl (C=O) groups is 1. The van der Waals surface area contributed by atoms with E-state index < -0.39 is 0 Å². The molecule has 0 N–H and O–H groups in total. The van der Waals surface area contributed by atoms with E-state index in [1.807, 2.05) is 0 Å². The summed E-state index contributed by atoms with van der Waals surface area (Å²) in [6.07, 6.45) is 3.18. The summed E-state index contributed by atoms with van der Waals surface area (Å²) >= 11 is 0. The largest absolute Gasteiger partial charge is 0.465 e. The Morgan fingerprint density at radius 2 is 2.07 bits per heavy atom. The lowest BCUT2D eigenvalue weighted by molar-refractivity contribution is 0.0603. The van der Waals surface area contributed by atoms with Gasteiger partial charge in [-0.15, -0.1) is 0 Å². The molecule has 0 aliphatic carbocycles. The fraction of sp³-hybridized carbons (Fsp3) is 0.100. The molecule has 14 heavy (non-hydrogen) atoms. The highest BCUT2D eigenvalue weighted by atomic mass is 16.5. The van der Waals surface area contributed by atoms with Crippen LogP contribution in [0.2, 0.25) is 0 Å². The highest BCUT2D eigenvalue weighted by molar-refractivity contribution is 6.02. The van der Waals surface area contributed by atoms with Gasteiger partial charge >= 0.3 is 5.97 Å². The van der Waals surface area contributed by atoms with Gasteiger partial charge in [0.1, 0.15) is 0 Å². The van der Waals surface area contributed by atoms with E-state index in [0.29, 0.717) is 16.6 Å². The predicted molar refractivity (Wildman–Crippen MR) is 50.9 cm³/mol. The molecule has 0 radical (unpaired) electrons. The third-order valence-electron chi connectivity index (χ3n) is 1.92. The Labute approximate surface area is 80.6 Å². The Kier molecular flexibility index (Phi) is 2.10. The van der Waals surface area contributed by atoms with Gasteiger partial charge in [-0.2, -0.15) is 0 Å². The molecule has 0 aromatic carbocycles. The van der Waals surface area contributed by atoms with Gasteiger partial charge in [0.25, 0.3) is 0 Å². The standard InChI is InChI=1S/C10H8N2O2/c1-14-10(13)8-4-6-12-9-7(8)3-2-5-11-9/h2-6H,1H3. The second kappa shape index (κ2) is 3.41. The summed E-state index contributed by atoms with van der Waals surface area (Å²) in [6, 6.07) is 5.17. The molecule has 0 fully saturated rings. The number of ether oxygens (including phenoxy) is 1. The van der Waals surface area contributed by atoms with Crippen LogP contribution in [0.4, 0.5) is 0 Å². The van der Waals surface area contributed by atoms with E-state index in [0.717, 1.165) is 0 Å². The second-order valence-corrected chi connectivity index (χ2v) is 2.72. The number of aromatic nitrogens is 2. The molecular weight excluding hydrogens is 180 g/mol. The van der Waals surface area contributed by atoms with Crippen molar-refractivity contribution in [3.8, 4) is 0 Å². The molecule has 0 aliphatic heterocycles. The fourth-order valence-corrected chi connectivity index (χ4v) is 1.27. The number of fused-ring (bicyclic) bond motifs is 1. The van der Waals surface area contributed by atoms with Crippen LogP contribution in [0, 0.1) is 0 Å². The predicted octanol–water partition coefficient (Wildman–Crippen LogP) is 1.42. The number of carbonyl (C=O) groups excluding carboxylic acids is 1. The van der Waals surface area contributed by atoms with E-state index in [9.17, 15) is 4.79 Å². The number of hydrogen-bond donors (Lipinski definition) is 0. The summed E-state index contributed by atoms with van der Waals surface area (Å²) in [5.41, 5.74) is 1.04. The number of pyridine rings is 2. The SMILES string of the molecule is COC(=O)c1ccnc2ncccc12. The van der Waals surface area contributed by atoms with Crippen molar-refractivity contribution >= 4 is 17.0 Å². The third kappa shape index (κ3) is 1.31. The third-order valence-corrected chi connectivity index (χ3v) is 1.92. The Morgan fingerprint density at radius 3 is 2.86 bits per heavy atom. The maximum atomic E-state index is 11.3. The fourth-order valence-electron chi connectivity index (χ4n) is 1.27. The first-order chi connectivity index (χ1) is 6.83. The molecule has 2 aromatic rings. The van der Waals surface area contributed by atoms with Gasteiger partial charge < -0.3 is 4.74 Å². The van der Waals surface area contributed by atoms with E-state index in [4.69, 9.17) is 0 Å². The van der Waals surface area contributed by atoms with Gasteiger partial charge in [-0.1, -0.05) is 0 Å². The molecule has 0 aliphatic rings. The number of methoxy groups -OCH3 is 1. The number of rotatable bonds is 1. The molecule has 0 saturated carbocycles. The molecule has 70 valence electrons. The summed E-state index contributed by atoms with van der Waals surface area (Å²) in [4.78, 5) is 19.4. The number of nitrogens with zero attached hydrogens (tertiary/aromatic N) is 2. The monoisotopic (exact) mass is 188 g/mol. The summed E-state index contributed by atoms with van der Waals surface area (Å²) in [7, 11) is 1.35. The second-order valence-electron chi connectivity index (χ2n) is 2.72. The minimum atomic E-state index is -0.370. The molecule has 0 bridgehead atoms. The molecule has 4 heteroatoms. The van der Waals surface area contributed by atoms with Gasteiger partial charge in [-0.25, -0.2) is 14.8 Å². The highest BCUT2D eigenvalue weighted by Gasteiger charge is 2.09. The van der Waals surface area contributed by atoms with Crippen molar-refractivity contribution in [2.24, 2.45) is 0 Å². The molecule has 2 rings (SSSR count). The average Bonchev–Trinajstić information content (AvgIpc) is 2.27. The van der Waals surface area contributed by atoms with Crippen LogP contribution in [0.25, 0.3) is 11.0 Å². The normalized spacial score (nSPS) is 10.1. The van der Waals surface area contributed by atoms with Crippen LogP contribution in [0.3, 0.4) is 0 Å². The van der Waals surface area contributed by atoms with Crippen LogP contribution in [-0.2, 0) is 4.74 Å². The minimum absolute atomic E-state index is 0.370. The van der Waals surface area contributed by atoms with E-state index in [1.165, 1.54) is 7.11 Å². The Bertz CT molecular complexity index is 477. The molecule has 2 heterocycles.